The number of fused-ring (bicyclic) bond motifs is 1. The van der Waals surface area contributed by atoms with Crippen molar-refractivity contribution < 1.29 is 19.4 Å². The summed E-state index contributed by atoms with van der Waals surface area (Å²) >= 11 is 0. The van der Waals surface area contributed by atoms with E-state index in [2.05, 4.69) is 38.2 Å². The normalized spacial score (nSPS) is 24.8. The SMILES string of the molecule is CC(C)(C)c1cc2c(c([C@@H]3COCCN3)c1)CN(C(=O)C1(O)CCOCC1)CC2. The number of ether oxygens (including phenoxy) is 2. The molecular formula is C23H34N2O4. The van der Waals surface area contributed by atoms with Gasteiger partial charge in [0.25, 0.3) is 5.91 Å². The smallest absolute Gasteiger partial charge is 0.255 e. The average Bonchev–Trinajstić information content (AvgIpc) is 2.72. The predicted octanol–water partition coefficient (Wildman–Crippen LogP) is 2.07. The molecule has 6 nitrogen and oxygen atoms in total. The van der Waals surface area contributed by atoms with Crippen LogP contribution in [0.4, 0.5) is 0 Å². The first kappa shape index (κ1) is 20.8. The number of amides is 1. The van der Waals surface area contributed by atoms with E-state index in [1.165, 1.54) is 22.3 Å². The number of nitrogens with one attached hydrogen (secondary N) is 1. The molecule has 2 fully saturated rings. The van der Waals surface area contributed by atoms with Gasteiger partial charge >= 0.3 is 0 Å². The third-order valence-electron chi connectivity index (χ3n) is 6.55. The monoisotopic (exact) mass is 402 g/mol. The van der Waals surface area contributed by atoms with E-state index in [1.807, 2.05) is 4.90 Å². The van der Waals surface area contributed by atoms with Crippen LogP contribution in [0.15, 0.2) is 12.1 Å². The molecular weight excluding hydrogens is 368 g/mol. The zero-order valence-corrected chi connectivity index (χ0v) is 17.9. The van der Waals surface area contributed by atoms with Crippen molar-refractivity contribution in [2.75, 3.05) is 39.5 Å². The lowest BCUT2D eigenvalue weighted by Crippen LogP contribution is -2.53. The van der Waals surface area contributed by atoms with Gasteiger partial charge in [0, 0.05) is 45.7 Å². The molecule has 1 atom stereocenters. The van der Waals surface area contributed by atoms with Crippen molar-refractivity contribution in [3.63, 3.8) is 0 Å². The maximum absolute atomic E-state index is 13.2. The Morgan fingerprint density at radius 2 is 1.97 bits per heavy atom. The molecule has 3 heterocycles. The average molecular weight is 403 g/mol. The Morgan fingerprint density at radius 1 is 1.21 bits per heavy atom. The molecule has 160 valence electrons. The summed E-state index contributed by atoms with van der Waals surface area (Å²) in [5, 5.41) is 14.5. The van der Waals surface area contributed by atoms with Gasteiger partial charge in [-0.05, 0) is 34.1 Å². The van der Waals surface area contributed by atoms with Crippen molar-refractivity contribution >= 4 is 5.91 Å². The van der Waals surface area contributed by atoms with Gasteiger partial charge in [0.05, 0.1) is 19.3 Å². The summed E-state index contributed by atoms with van der Waals surface area (Å²) < 4.78 is 11.1. The van der Waals surface area contributed by atoms with Gasteiger partial charge in [-0.2, -0.15) is 0 Å². The Labute approximate surface area is 173 Å². The molecule has 1 aromatic rings. The molecule has 0 bridgehead atoms. The largest absolute Gasteiger partial charge is 0.381 e. The molecule has 0 spiro atoms. The van der Waals surface area contributed by atoms with Crippen molar-refractivity contribution in [3.8, 4) is 0 Å². The fraction of sp³-hybridized carbons (Fsp3) is 0.696. The highest BCUT2D eigenvalue weighted by molar-refractivity contribution is 5.85. The van der Waals surface area contributed by atoms with Gasteiger partial charge in [-0.3, -0.25) is 4.79 Å². The molecule has 0 unspecified atom stereocenters. The number of morpholine rings is 1. The van der Waals surface area contributed by atoms with E-state index in [1.54, 1.807) is 0 Å². The molecule has 29 heavy (non-hydrogen) atoms. The van der Waals surface area contributed by atoms with E-state index in [0.717, 1.165) is 19.6 Å². The van der Waals surface area contributed by atoms with Crippen molar-refractivity contribution in [2.45, 2.75) is 63.6 Å². The van der Waals surface area contributed by atoms with Crippen LogP contribution < -0.4 is 5.32 Å². The molecule has 3 aliphatic rings. The van der Waals surface area contributed by atoms with Crippen LogP contribution in [0.25, 0.3) is 0 Å². The third kappa shape index (κ3) is 4.22. The zero-order chi connectivity index (χ0) is 20.6. The van der Waals surface area contributed by atoms with Gasteiger partial charge in [-0.1, -0.05) is 32.9 Å². The van der Waals surface area contributed by atoms with Gasteiger partial charge in [-0.15, -0.1) is 0 Å². The van der Waals surface area contributed by atoms with Crippen LogP contribution in [0, 0.1) is 0 Å². The number of rotatable bonds is 2. The highest BCUT2D eigenvalue weighted by Gasteiger charge is 2.42. The zero-order valence-electron chi connectivity index (χ0n) is 17.9. The minimum Gasteiger partial charge on any atom is -0.381 e. The van der Waals surface area contributed by atoms with Crippen LogP contribution in [0.3, 0.4) is 0 Å². The van der Waals surface area contributed by atoms with Crippen molar-refractivity contribution in [1.82, 2.24) is 10.2 Å². The lowest BCUT2D eigenvalue weighted by Gasteiger charge is -2.39. The van der Waals surface area contributed by atoms with Crippen LogP contribution in [-0.4, -0.2) is 61.0 Å². The molecule has 0 aliphatic carbocycles. The van der Waals surface area contributed by atoms with E-state index in [4.69, 9.17) is 9.47 Å². The quantitative estimate of drug-likeness (QED) is 0.793. The molecule has 3 aliphatic heterocycles. The summed E-state index contributed by atoms with van der Waals surface area (Å²) in [5.74, 6) is -0.148. The standard InChI is InChI=1S/C23H34N2O4/c1-22(2,3)17-12-16-4-8-25(21(26)23(27)5-9-28-10-6-23)14-19(16)18(13-17)20-15-29-11-7-24-20/h12-13,20,24,27H,4-11,14-15H2,1-3H3/t20-/m0/s1. The van der Waals surface area contributed by atoms with Crippen LogP contribution in [0.2, 0.25) is 0 Å². The Bertz CT molecular complexity index is 759. The van der Waals surface area contributed by atoms with Gasteiger partial charge in [0.15, 0.2) is 0 Å². The van der Waals surface area contributed by atoms with E-state index in [0.29, 0.717) is 45.8 Å². The number of aliphatic hydroxyl groups is 1. The minimum atomic E-state index is -1.28. The lowest BCUT2D eigenvalue weighted by atomic mass is 9.80. The second kappa shape index (κ2) is 7.99. The van der Waals surface area contributed by atoms with Crippen molar-refractivity contribution in [3.05, 3.63) is 34.4 Å². The first-order valence-corrected chi connectivity index (χ1v) is 10.8. The lowest BCUT2D eigenvalue weighted by molar-refractivity contribution is -0.161. The van der Waals surface area contributed by atoms with Gasteiger partial charge in [0.1, 0.15) is 5.60 Å². The fourth-order valence-corrected chi connectivity index (χ4v) is 4.60. The minimum absolute atomic E-state index is 0.0590. The molecule has 1 aromatic carbocycles. The Hall–Kier alpha value is -1.47. The second-order valence-corrected chi connectivity index (χ2v) is 9.66. The van der Waals surface area contributed by atoms with Crippen LogP contribution in [0.5, 0.6) is 0 Å². The molecule has 6 heteroatoms. The highest BCUT2D eigenvalue weighted by atomic mass is 16.5. The van der Waals surface area contributed by atoms with Gasteiger partial charge in [0.2, 0.25) is 0 Å². The fourth-order valence-electron chi connectivity index (χ4n) is 4.60. The molecule has 0 saturated carbocycles. The number of hydrogen-bond donors (Lipinski definition) is 2. The number of nitrogens with zero attached hydrogens (tertiary/aromatic N) is 1. The first-order valence-electron chi connectivity index (χ1n) is 10.8. The maximum atomic E-state index is 13.2. The molecule has 0 aromatic heterocycles. The number of hydrogen-bond acceptors (Lipinski definition) is 5. The third-order valence-corrected chi connectivity index (χ3v) is 6.55. The van der Waals surface area contributed by atoms with Crippen molar-refractivity contribution in [1.29, 1.82) is 0 Å². The predicted molar refractivity (Wildman–Crippen MR) is 111 cm³/mol. The van der Waals surface area contributed by atoms with E-state index in [-0.39, 0.29) is 17.4 Å². The summed E-state index contributed by atoms with van der Waals surface area (Å²) in [6.07, 6.45) is 1.57. The summed E-state index contributed by atoms with van der Waals surface area (Å²) in [5.41, 5.74) is 3.88. The molecule has 4 rings (SSSR count). The highest BCUT2D eigenvalue weighted by Crippen LogP contribution is 2.35. The first-order chi connectivity index (χ1) is 13.8. The van der Waals surface area contributed by atoms with Crippen LogP contribution in [-0.2, 0) is 32.6 Å². The van der Waals surface area contributed by atoms with E-state index >= 15 is 0 Å². The molecule has 2 N–H and O–H groups in total. The second-order valence-electron chi connectivity index (χ2n) is 9.66. The summed E-state index contributed by atoms with van der Waals surface area (Å²) in [4.78, 5) is 15.0. The maximum Gasteiger partial charge on any atom is 0.255 e. The topological polar surface area (TPSA) is 71.0 Å². The molecule has 0 radical (unpaired) electrons. The Kier molecular flexibility index (Phi) is 5.73. The Balaban J connectivity index is 1.66. The molecule has 2 saturated heterocycles. The summed E-state index contributed by atoms with van der Waals surface area (Å²) in [6, 6.07) is 4.75. The van der Waals surface area contributed by atoms with Gasteiger partial charge in [-0.25, -0.2) is 0 Å². The Morgan fingerprint density at radius 3 is 2.62 bits per heavy atom. The van der Waals surface area contributed by atoms with E-state index < -0.39 is 5.60 Å². The van der Waals surface area contributed by atoms with Crippen LogP contribution >= 0.6 is 0 Å². The van der Waals surface area contributed by atoms with E-state index in [9.17, 15) is 9.90 Å². The van der Waals surface area contributed by atoms with Gasteiger partial charge < -0.3 is 24.8 Å². The summed E-state index contributed by atoms with van der Waals surface area (Å²) in [7, 11) is 0. The number of carbonyl (C=O) groups excluding carboxylic acids is 1. The molecule has 1 amide bonds. The number of carbonyl (C=O) groups is 1. The van der Waals surface area contributed by atoms with Crippen molar-refractivity contribution in [2.24, 2.45) is 0 Å². The summed E-state index contributed by atoms with van der Waals surface area (Å²) in [6.45, 7) is 11.0. The number of benzene rings is 1. The van der Waals surface area contributed by atoms with Crippen LogP contribution in [0.1, 0.15) is 61.9 Å².